The van der Waals surface area contributed by atoms with Gasteiger partial charge in [-0.05, 0) is 19.3 Å². The molecule has 0 amide bonds. The van der Waals surface area contributed by atoms with Crippen molar-refractivity contribution in [2.24, 2.45) is 0 Å². The number of rotatable bonds is 7. The summed E-state index contributed by atoms with van der Waals surface area (Å²) < 4.78 is 0. The van der Waals surface area contributed by atoms with Crippen LogP contribution in [0.15, 0.2) is 12.2 Å². The van der Waals surface area contributed by atoms with Crippen molar-refractivity contribution in [1.82, 2.24) is 0 Å². The van der Waals surface area contributed by atoms with Gasteiger partial charge in [0.15, 0.2) is 0 Å². The second-order valence-corrected chi connectivity index (χ2v) is 2.64. The summed E-state index contributed by atoms with van der Waals surface area (Å²) >= 11 is 0. The minimum Gasteiger partial charge on any atom is -0.481 e. The Labute approximate surface area is 72.7 Å². The Morgan fingerprint density at radius 1 is 1.17 bits per heavy atom. The second kappa shape index (κ2) is 8.27. The van der Waals surface area contributed by atoms with E-state index >= 15 is 0 Å². The number of carboxylic acids is 1. The summed E-state index contributed by atoms with van der Waals surface area (Å²) in [5, 5.41) is 16.7. The Balaban J connectivity index is 3.08. The summed E-state index contributed by atoms with van der Waals surface area (Å²) in [5.74, 6) is -0.790. The lowest BCUT2D eigenvalue weighted by Gasteiger charge is -1.93. The quantitative estimate of drug-likeness (QED) is 0.452. The van der Waals surface area contributed by atoms with Gasteiger partial charge in [0.1, 0.15) is 0 Å². The number of unbranched alkanes of at least 4 members (excludes halogenated alkanes) is 3. The first kappa shape index (κ1) is 11.2. The van der Waals surface area contributed by atoms with E-state index in [0.29, 0.717) is 0 Å². The molecule has 0 atom stereocenters. The number of aliphatic carboxylic acids is 1. The van der Waals surface area contributed by atoms with Crippen molar-refractivity contribution in [3.05, 3.63) is 12.2 Å². The molecule has 0 bridgehead atoms. The van der Waals surface area contributed by atoms with Gasteiger partial charge in [0.25, 0.3) is 0 Å². The molecule has 0 unspecified atom stereocenters. The highest BCUT2D eigenvalue weighted by molar-refractivity contribution is 5.68. The molecule has 2 N–H and O–H groups in total. The zero-order chi connectivity index (χ0) is 9.23. The lowest BCUT2D eigenvalue weighted by Crippen LogP contribution is -1.89. The first-order valence-electron chi connectivity index (χ1n) is 4.25. The summed E-state index contributed by atoms with van der Waals surface area (Å²) in [4.78, 5) is 10.1. The molecule has 0 aromatic carbocycles. The van der Waals surface area contributed by atoms with Gasteiger partial charge in [-0.2, -0.15) is 0 Å². The van der Waals surface area contributed by atoms with Gasteiger partial charge < -0.3 is 10.2 Å². The molecule has 70 valence electrons. The predicted octanol–water partition coefficient (Wildman–Crippen LogP) is 1.57. The fourth-order valence-corrected chi connectivity index (χ4v) is 0.853. The van der Waals surface area contributed by atoms with Crippen LogP contribution < -0.4 is 0 Å². The fourth-order valence-electron chi connectivity index (χ4n) is 0.853. The number of allylic oxidation sites excluding steroid dienone is 1. The molecule has 0 spiro atoms. The van der Waals surface area contributed by atoms with E-state index in [4.69, 9.17) is 10.2 Å². The Hall–Kier alpha value is -0.830. The van der Waals surface area contributed by atoms with Crippen molar-refractivity contribution in [3.63, 3.8) is 0 Å². The molecular formula is C9H16O3. The molecule has 0 saturated heterocycles. The Bertz CT molecular complexity index is 141. The summed E-state index contributed by atoms with van der Waals surface area (Å²) in [7, 11) is 0. The highest BCUT2D eigenvalue weighted by Gasteiger charge is 1.89. The number of hydrogen-bond donors (Lipinski definition) is 2. The lowest BCUT2D eigenvalue weighted by atomic mass is 10.2. The molecule has 0 aliphatic heterocycles. The molecule has 0 fully saturated rings. The van der Waals surface area contributed by atoms with E-state index in [9.17, 15) is 4.79 Å². The van der Waals surface area contributed by atoms with E-state index in [1.807, 2.05) is 6.08 Å². The SMILES string of the molecule is O=C(O)CC=CCCCCCO. The fraction of sp³-hybridized carbons (Fsp3) is 0.667. The van der Waals surface area contributed by atoms with Crippen molar-refractivity contribution in [1.29, 1.82) is 0 Å². The van der Waals surface area contributed by atoms with E-state index < -0.39 is 5.97 Å². The monoisotopic (exact) mass is 172 g/mol. The molecular weight excluding hydrogens is 156 g/mol. The zero-order valence-electron chi connectivity index (χ0n) is 7.20. The number of aliphatic hydroxyl groups excluding tert-OH is 1. The number of hydrogen-bond acceptors (Lipinski definition) is 2. The van der Waals surface area contributed by atoms with E-state index in [1.54, 1.807) is 6.08 Å². The van der Waals surface area contributed by atoms with Crippen LogP contribution >= 0.6 is 0 Å². The highest BCUT2D eigenvalue weighted by atomic mass is 16.4. The van der Waals surface area contributed by atoms with Gasteiger partial charge in [0.05, 0.1) is 6.42 Å². The van der Waals surface area contributed by atoms with Crippen molar-refractivity contribution in [3.8, 4) is 0 Å². The van der Waals surface area contributed by atoms with Crippen LogP contribution in [-0.2, 0) is 4.79 Å². The van der Waals surface area contributed by atoms with Gasteiger partial charge in [-0.15, -0.1) is 0 Å². The average molecular weight is 172 g/mol. The molecule has 0 aromatic heterocycles. The molecule has 12 heavy (non-hydrogen) atoms. The van der Waals surface area contributed by atoms with Crippen LogP contribution in [0.5, 0.6) is 0 Å². The van der Waals surface area contributed by atoms with E-state index in [1.165, 1.54) is 0 Å². The number of carbonyl (C=O) groups is 1. The first-order chi connectivity index (χ1) is 5.77. The summed E-state index contributed by atoms with van der Waals surface area (Å²) in [5.41, 5.74) is 0. The molecule has 0 rings (SSSR count). The molecule has 3 heteroatoms. The normalized spacial score (nSPS) is 10.8. The molecule has 0 radical (unpaired) electrons. The maximum atomic E-state index is 10.1. The summed E-state index contributed by atoms with van der Waals surface area (Å²) in [6.07, 6.45) is 7.44. The van der Waals surface area contributed by atoms with Crippen LogP contribution in [0.2, 0.25) is 0 Å². The lowest BCUT2D eigenvalue weighted by molar-refractivity contribution is -0.136. The van der Waals surface area contributed by atoms with Gasteiger partial charge >= 0.3 is 5.97 Å². The highest BCUT2D eigenvalue weighted by Crippen LogP contribution is 2.00. The molecule has 0 aliphatic rings. The third kappa shape index (κ3) is 9.17. The van der Waals surface area contributed by atoms with Gasteiger partial charge in [0.2, 0.25) is 0 Å². The van der Waals surface area contributed by atoms with Crippen molar-refractivity contribution in [2.75, 3.05) is 6.61 Å². The van der Waals surface area contributed by atoms with Crippen LogP contribution in [0.3, 0.4) is 0 Å². The summed E-state index contributed by atoms with van der Waals surface area (Å²) in [6, 6.07) is 0. The van der Waals surface area contributed by atoms with Gasteiger partial charge in [0, 0.05) is 6.61 Å². The second-order valence-electron chi connectivity index (χ2n) is 2.64. The number of aliphatic hydroxyl groups is 1. The minimum absolute atomic E-state index is 0.111. The molecule has 3 nitrogen and oxygen atoms in total. The first-order valence-corrected chi connectivity index (χ1v) is 4.25. The zero-order valence-corrected chi connectivity index (χ0v) is 7.20. The van der Waals surface area contributed by atoms with Crippen LogP contribution in [-0.4, -0.2) is 22.8 Å². The van der Waals surface area contributed by atoms with E-state index in [2.05, 4.69) is 0 Å². The number of carboxylic acid groups (broad SMARTS) is 1. The molecule has 0 saturated carbocycles. The van der Waals surface area contributed by atoms with Crippen molar-refractivity contribution >= 4 is 5.97 Å². The largest absolute Gasteiger partial charge is 0.481 e. The predicted molar refractivity (Wildman–Crippen MR) is 46.9 cm³/mol. The Kier molecular flexibility index (Phi) is 7.70. The Morgan fingerprint density at radius 2 is 1.92 bits per heavy atom. The Morgan fingerprint density at radius 3 is 2.50 bits per heavy atom. The molecule has 0 heterocycles. The summed E-state index contributed by atoms with van der Waals surface area (Å²) in [6.45, 7) is 0.249. The van der Waals surface area contributed by atoms with Crippen LogP contribution in [0.25, 0.3) is 0 Å². The van der Waals surface area contributed by atoms with Gasteiger partial charge in [-0.1, -0.05) is 18.6 Å². The maximum Gasteiger partial charge on any atom is 0.307 e. The van der Waals surface area contributed by atoms with Crippen molar-refractivity contribution < 1.29 is 15.0 Å². The standard InChI is InChI=1S/C9H16O3/c10-8-6-4-2-1-3-5-7-9(11)12/h3,5,10H,1-2,4,6-8H2,(H,11,12). The van der Waals surface area contributed by atoms with E-state index in [0.717, 1.165) is 25.7 Å². The van der Waals surface area contributed by atoms with Gasteiger partial charge in [-0.25, -0.2) is 0 Å². The maximum absolute atomic E-state index is 10.1. The minimum atomic E-state index is -0.790. The smallest absolute Gasteiger partial charge is 0.307 e. The third-order valence-corrected chi connectivity index (χ3v) is 1.49. The molecule has 0 aromatic rings. The van der Waals surface area contributed by atoms with Crippen LogP contribution in [0.4, 0.5) is 0 Å². The molecule has 0 aliphatic carbocycles. The third-order valence-electron chi connectivity index (χ3n) is 1.49. The van der Waals surface area contributed by atoms with E-state index in [-0.39, 0.29) is 13.0 Å². The topological polar surface area (TPSA) is 57.5 Å². The van der Waals surface area contributed by atoms with Crippen LogP contribution in [0.1, 0.15) is 32.1 Å². The average Bonchev–Trinajstić information content (AvgIpc) is 2.02. The van der Waals surface area contributed by atoms with Gasteiger partial charge in [-0.3, -0.25) is 4.79 Å². The van der Waals surface area contributed by atoms with Crippen molar-refractivity contribution in [2.45, 2.75) is 32.1 Å². The van der Waals surface area contributed by atoms with Crippen LogP contribution in [0, 0.1) is 0 Å².